The van der Waals surface area contributed by atoms with Crippen LogP contribution < -0.4 is 5.56 Å². The molecule has 0 amide bonds. The molecule has 0 aliphatic heterocycles. The molecule has 1 aromatic heterocycles. The molecule has 78 valence electrons. The third kappa shape index (κ3) is 1.75. The van der Waals surface area contributed by atoms with Gasteiger partial charge in [0.05, 0.1) is 17.6 Å². The van der Waals surface area contributed by atoms with Gasteiger partial charge in [-0.05, 0) is 13.0 Å². The number of hydrogen-bond donors (Lipinski definition) is 0. The Hall–Kier alpha value is -1.35. The smallest absolute Gasteiger partial charge is 0.267 e. The zero-order valence-corrected chi connectivity index (χ0v) is 9.16. The molecule has 0 saturated carbocycles. The summed E-state index contributed by atoms with van der Waals surface area (Å²) in [7, 11) is 0. The van der Waals surface area contributed by atoms with E-state index in [0.717, 1.165) is 11.1 Å². The SMILES string of the molecule is Cc1nn(CCCl)c(=O)c2ccccc12. The normalized spacial score (nSPS) is 10.8. The van der Waals surface area contributed by atoms with E-state index in [1.54, 1.807) is 0 Å². The highest BCUT2D eigenvalue weighted by molar-refractivity contribution is 6.17. The number of aromatic nitrogens is 2. The van der Waals surface area contributed by atoms with Crippen LogP contribution in [0.4, 0.5) is 0 Å². The van der Waals surface area contributed by atoms with E-state index in [0.29, 0.717) is 17.8 Å². The molecule has 0 radical (unpaired) electrons. The highest BCUT2D eigenvalue weighted by Gasteiger charge is 2.05. The lowest BCUT2D eigenvalue weighted by Crippen LogP contribution is -2.24. The quantitative estimate of drug-likeness (QED) is 0.728. The molecular weight excluding hydrogens is 212 g/mol. The maximum atomic E-state index is 11.9. The van der Waals surface area contributed by atoms with Crippen LogP contribution in [0.15, 0.2) is 29.1 Å². The van der Waals surface area contributed by atoms with Gasteiger partial charge < -0.3 is 0 Å². The van der Waals surface area contributed by atoms with Crippen molar-refractivity contribution in [2.75, 3.05) is 5.88 Å². The molecule has 0 atom stereocenters. The van der Waals surface area contributed by atoms with Gasteiger partial charge in [0, 0.05) is 11.3 Å². The molecule has 0 aliphatic rings. The van der Waals surface area contributed by atoms with Crippen LogP contribution in [0.5, 0.6) is 0 Å². The van der Waals surface area contributed by atoms with E-state index in [2.05, 4.69) is 5.10 Å². The fourth-order valence-corrected chi connectivity index (χ4v) is 1.80. The van der Waals surface area contributed by atoms with E-state index >= 15 is 0 Å². The lowest BCUT2D eigenvalue weighted by atomic mass is 10.1. The Balaban J connectivity index is 2.79. The van der Waals surface area contributed by atoms with Gasteiger partial charge in [-0.2, -0.15) is 5.10 Å². The lowest BCUT2D eigenvalue weighted by molar-refractivity contribution is 0.618. The predicted molar refractivity (Wildman–Crippen MR) is 61.5 cm³/mol. The molecule has 4 heteroatoms. The number of fused-ring (bicyclic) bond motifs is 1. The number of rotatable bonds is 2. The van der Waals surface area contributed by atoms with Crippen LogP contribution in [0.2, 0.25) is 0 Å². The Labute approximate surface area is 92.3 Å². The van der Waals surface area contributed by atoms with Gasteiger partial charge in [0.15, 0.2) is 0 Å². The predicted octanol–water partition coefficient (Wildman–Crippen LogP) is 1.94. The zero-order chi connectivity index (χ0) is 10.8. The van der Waals surface area contributed by atoms with Crippen LogP contribution in [0.1, 0.15) is 5.69 Å². The molecular formula is C11H11ClN2O. The number of aryl methyl sites for hydroxylation is 2. The van der Waals surface area contributed by atoms with E-state index in [1.807, 2.05) is 31.2 Å². The number of hydrogen-bond acceptors (Lipinski definition) is 2. The van der Waals surface area contributed by atoms with Gasteiger partial charge >= 0.3 is 0 Å². The average Bonchev–Trinajstić information content (AvgIpc) is 2.26. The Kier molecular flexibility index (Phi) is 2.73. The largest absolute Gasteiger partial charge is 0.274 e. The first-order valence-corrected chi connectivity index (χ1v) is 5.30. The second kappa shape index (κ2) is 4.03. The van der Waals surface area contributed by atoms with Crippen molar-refractivity contribution >= 4 is 22.4 Å². The van der Waals surface area contributed by atoms with Crippen molar-refractivity contribution < 1.29 is 0 Å². The summed E-state index contributed by atoms with van der Waals surface area (Å²) < 4.78 is 1.42. The van der Waals surface area contributed by atoms with Crippen molar-refractivity contribution in [2.45, 2.75) is 13.5 Å². The van der Waals surface area contributed by atoms with Crippen molar-refractivity contribution in [3.8, 4) is 0 Å². The summed E-state index contributed by atoms with van der Waals surface area (Å²) in [6.07, 6.45) is 0. The van der Waals surface area contributed by atoms with E-state index < -0.39 is 0 Å². The number of benzene rings is 1. The van der Waals surface area contributed by atoms with Gasteiger partial charge in [-0.3, -0.25) is 4.79 Å². The molecule has 0 aliphatic carbocycles. The molecule has 2 aromatic rings. The molecule has 0 spiro atoms. The molecule has 0 fully saturated rings. The summed E-state index contributed by atoms with van der Waals surface area (Å²) in [4.78, 5) is 11.9. The molecule has 0 N–H and O–H groups in total. The molecule has 0 bridgehead atoms. The molecule has 0 saturated heterocycles. The van der Waals surface area contributed by atoms with E-state index in [-0.39, 0.29) is 5.56 Å². The summed E-state index contributed by atoms with van der Waals surface area (Å²) in [6, 6.07) is 7.48. The minimum atomic E-state index is -0.0724. The lowest BCUT2D eigenvalue weighted by Gasteiger charge is -2.06. The second-order valence-electron chi connectivity index (χ2n) is 3.35. The van der Waals surface area contributed by atoms with Crippen molar-refractivity contribution in [1.29, 1.82) is 0 Å². The van der Waals surface area contributed by atoms with Crippen molar-refractivity contribution in [1.82, 2.24) is 9.78 Å². The third-order valence-electron chi connectivity index (χ3n) is 2.35. The number of halogens is 1. The van der Waals surface area contributed by atoms with Crippen LogP contribution in [-0.4, -0.2) is 15.7 Å². The van der Waals surface area contributed by atoms with Gasteiger partial charge in [-0.15, -0.1) is 11.6 Å². The first-order valence-electron chi connectivity index (χ1n) is 4.76. The maximum Gasteiger partial charge on any atom is 0.274 e. The first kappa shape index (κ1) is 10.2. The first-order chi connectivity index (χ1) is 7.24. The van der Waals surface area contributed by atoms with Gasteiger partial charge in [0.1, 0.15) is 0 Å². The molecule has 15 heavy (non-hydrogen) atoms. The Morgan fingerprint density at radius 3 is 2.67 bits per heavy atom. The summed E-state index contributed by atoms with van der Waals surface area (Å²) in [6.45, 7) is 2.35. The third-order valence-corrected chi connectivity index (χ3v) is 2.52. The highest BCUT2D eigenvalue weighted by atomic mass is 35.5. The standard InChI is InChI=1S/C11H11ClN2O/c1-8-9-4-2-3-5-10(9)11(15)14(13-8)7-6-12/h2-5H,6-7H2,1H3. The van der Waals surface area contributed by atoms with Crippen LogP contribution in [-0.2, 0) is 6.54 Å². The van der Waals surface area contributed by atoms with Crippen LogP contribution >= 0.6 is 11.6 Å². The Bertz CT molecular complexity index is 548. The maximum absolute atomic E-state index is 11.9. The summed E-state index contributed by atoms with van der Waals surface area (Å²) in [5.74, 6) is 0.394. The van der Waals surface area contributed by atoms with Crippen molar-refractivity contribution in [3.63, 3.8) is 0 Å². The van der Waals surface area contributed by atoms with Gasteiger partial charge in [-0.1, -0.05) is 18.2 Å². The van der Waals surface area contributed by atoms with E-state index in [4.69, 9.17) is 11.6 Å². The molecule has 2 rings (SSSR count). The average molecular weight is 223 g/mol. The fraction of sp³-hybridized carbons (Fsp3) is 0.273. The molecule has 1 heterocycles. The molecule has 1 aromatic carbocycles. The summed E-state index contributed by atoms with van der Waals surface area (Å²) in [5, 5.41) is 5.82. The van der Waals surface area contributed by atoms with Gasteiger partial charge in [0.25, 0.3) is 5.56 Å². The van der Waals surface area contributed by atoms with Gasteiger partial charge in [-0.25, -0.2) is 4.68 Å². The van der Waals surface area contributed by atoms with Gasteiger partial charge in [0.2, 0.25) is 0 Å². The van der Waals surface area contributed by atoms with E-state index in [9.17, 15) is 4.79 Å². The van der Waals surface area contributed by atoms with Crippen molar-refractivity contribution in [2.24, 2.45) is 0 Å². The molecule has 3 nitrogen and oxygen atoms in total. The monoisotopic (exact) mass is 222 g/mol. The Morgan fingerprint density at radius 2 is 2.00 bits per heavy atom. The highest BCUT2D eigenvalue weighted by Crippen LogP contribution is 2.11. The van der Waals surface area contributed by atoms with Crippen LogP contribution in [0.3, 0.4) is 0 Å². The van der Waals surface area contributed by atoms with E-state index in [1.165, 1.54) is 4.68 Å². The number of nitrogens with zero attached hydrogens (tertiary/aromatic N) is 2. The zero-order valence-electron chi connectivity index (χ0n) is 8.40. The molecule has 0 unspecified atom stereocenters. The topological polar surface area (TPSA) is 34.9 Å². The van der Waals surface area contributed by atoms with Crippen LogP contribution in [0, 0.1) is 6.92 Å². The fourth-order valence-electron chi connectivity index (χ4n) is 1.64. The minimum absolute atomic E-state index is 0.0724. The van der Waals surface area contributed by atoms with Crippen molar-refractivity contribution in [3.05, 3.63) is 40.3 Å². The summed E-state index contributed by atoms with van der Waals surface area (Å²) in [5.41, 5.74) is 0.784. The Morgan fingerprint density at radius 1 is 1.33 bits per heavy atom. The summed E-state index contributed by atoms with van der Waals surface area (Å²) >= 11 is 5.61. The van der Waals surface area contributed by atoms with Crippen LogP contribution in [0.25, 0.3) is 10.8 Å². The minimum Gasteiger partial charge on any atom is -0.267 e. The second-order valence-corrected chi connectivity index (χ2v) is 3.73. The number of alkyl halides is 1.